The molecule has 1 saturated heterocycles. The molecule has 0 aliphatic carbocycles. The van der Waals surface area contributed by atoms with Gasteiger partial charge in [-0.2, -0.15) is 0 Å². The Kier molecular flexibility index (Phi) is 7.96. The number of rotatable bonds is 8. The molecule has 9 nitrogen and oxygen atoms in total. The van der Waals surface area contributed by atoms with Gasteiger partial charge in [0, 0.05) is 13.1 Å². The van der Waals surface area contributed by atoms with Crippen molar-refractivity contribution < 1.29 is 27.9 Å². The zero-order valence-corrected chi connectivity index (χ0v) is 20.1. The summed E-state index contributed by atoms with van der Waals surface area (Å²) in [5, 5.41) is 9.31. The van der Waals surface area contributed by atoms with E-state index in [1.807, 2.05) is 49.9 Å². The number of nitrogens with one attached hydrogen (secondary N) is 1. The van der Waals surface area contributed by atoms with Crippen molar-refractivity contribution in [3.8, 4) is 11.5 Å². The van der Waals surface area contributed by atoms with Gasteiger partial charge in [0.1, 0.15) is 17.5 Å². The van der Waals surface area contributed by atoms with Gasteiger partial charge >= 0.3 is 0 Å². The molecule has 1 amide bonds. The van der Waals surface area contributed by atoms with Crippen LogP contribution in [0.3, 0.4) is 0 Å². The maximum absolute atomic E-state index is 12.7. The molecule has 33 heavy (non-hydrogen) atoms. The lowest BCUT2D eigenvalue weighted by atomic mass is 10.1. The molecule has 3 rings (SSSR count). The second-order valence-electron chi connectivity index (χ2n) is 8.41. The predicted molar refractivity (Wildman–Crippen MR) is 125 cm³/mol. The minimum Gasteiger partial charge on any atom is -0.457 e. The van der Waals surface area contributed by atoms with Crippen LogP contribution in [0.5, 0.6) is 11.5 Å². The summed E-state index contributed by atoms with van der Waals surface area (Å²) in [4.78, 5) is 14.3. The third-order valence-electron chi connectivity index (χ3n) is 5.42. The smallest absolute Gasteiger partial charge is 0.262 e. The van der Waals surface area contributed by atoms with Gasteiger partial charge in [-0.15, -0.1) is 0 Å². The molecule has 0 spiro atoms. The van der Waals surface area contributed by atoms with E-state index in [0.717, 1.165) is 16.1 Å². The number of hydrogen-bond donors (Lipinski definition) is 2. The van der Waals surface area contributed by atoms with Crippen LogP contribution >= 0.6 is 0 Å². The lowest BCUT2D eigenvalue weighted by Gasteiger charge is -2.40. The van der Waals surface area contributed by atoms with Crippen LogP contribution in [0.2, 0.25) is 0 Å². The second-order valence-corrected chi connectivity index (χ2v) is 10.3. The van der Waals surface area contributed by atoms with E-state index in [9.17, 15) is 18.4 Å². The molecule has 1 aliphatic heterocycles. The standard InChI is InChI=1S/C23H31N3O6S/c1-16-5-9-20(10-6-16)32-21-11-7-19(8-12-21)26(33(4,29)30)15-22(23(27)24-28)25-13-17(2)31-18(3)14-25/h5-12,17-18,22,28H,13-15H2,1-4H3,(H,24,27)/t17?,18?,22-/m0/s1. The fourth-order valence-electron chi connectivity index (χ4n) is 3.92. The van der Waals surface area contributed by atoms with Crippen LogP contribution < -0.4 is 14.5 Å². The van der Waals surface area contributed by atoms with Gasteiger partial charge in [0.05, 0.1) is 30.7 Å². The number of anilines is 1. The molecule has 2 unspecified atom stereocenters. The van der Waals surface area contributed by atoms with E-state index in [2.05, 4.69) is 0 Å². The lowest BCUT2D eigenvalue weighted by molar-refractivity contribution is -0.140. The van der Waals surface area contributed by atoms with Gasteiger partial charge in [0.25, 0.3) is 5.91 Å². The molecule has 2 aromatic carbocycles. The number of aryl methyl sites for hydroxylation is 1. The van der Waals surface area contributed by atoms with Crippen molar-refractivity contribution in [2.24, 2.45) is 0 Å². The molecule has 0 saturated carbocycles. The van der Waals surface area contributed by atoms with E-state index in [1.165, 1.54) is 0 Å². The first-order chi connectivity index (χ1) is 15.6. The third-order valence-corrected chi connectivity index (χ3v) is 6.58. The number of nitrogens with zero attached hydrogens (tertiary/aromatic N) is 2. The molecular formula is C23H31N3O6S. The van der Waals surface area contributed by atoms with E-state index in [4.69, 9.17) is 9.47 Å². The monoisotopic (exact) mass is 477 g/mol. The fraction of sp³-hybridized carbons (Fsp3) is 0.435. The SMILES string of the molecule is Cc1ccc(Oc2ccc(N(C[C@@H](C(=O)NO)N3CC(C)OC(C)C3)S(C)(=O)=O)cc2)cc1. The Labute approximate surface area is 194 Å². The zero-order chi connectivity index (χ0) is 24.2. The second kappa shape index (κ2) is 10.5. The lowest BCUT2D eigenvalue weighted by Crippen LogP contribution is -2.58. The van der Waals surface area contributed by atoms with E-state index in [0.29, 0.717) is 30.3 Å². The van der Waals surface area contributed by atoms with Gasteiger partial charge in [0.2, 0.25) is 10.0 Å². The van der Waals surface area contributed by atoms with Crippen molar-refractivity contribution in [3.63, 3.8) is 0 Å². The number of carbonyl (C=O) groups is 1. The Morgan fingerprint density at radius 2 is 1.64 bits per heavy atom. The highest BCUT2D eigenvalue weighted by Crippen LogP contribution is 2.27. The predicted octanol–water partition coefficient (Wildman–Crippen LogP) is 2.54. The summed E-state index contributed by atoms with van der Waals surface area (Å²) in [7, 11) is -3.72. The number of hydroxylamine groups is 1. The molecule has 0 bridgehead atoms. The summed E-state index contributed by atoms with van der Waals surface area (Å²) in [6.07, 6.45) is 0.822. The van der Waals surface area contributed by atoms with Crippen LogP contribution in [0.25, 0.3) is 0 Å². The largest absolute Gasteiger partial charge is 0.457 e. The summed E-state index contributed by atoms with van der Waals surface area (Å²) in [5.41, 5.74) is 3.18. The molecule has 10 heteroatoms. The number of benzene rings is 2. The average molecular weight is 478 g/mol. The van der Waals surface area contributed by atoms with Crippen molar-refractivity contribution in [1.82, 2.24) is 10.4 Å². The van der Waals surface area contributed by atoms with Crippen LogP contribution in [-0.2, 0) is 19.6 Å². The van der Waals surface area contributed by atoms with Crippen LogP contribution in [-0.4, -0.2) is 68.6 Å². The molecule has 0 aromatic heterocycles. The summed E-state index contributed by atoms with van der Waals surface area (Å²) < 4.78 is 38.0. The number of ether oxygens (including phenoxy) is 2. The van der Waals surface area contributed by atoms with E-state index >= 15 is 0 Å². The van der Waals surface area contributed by atoms with Crippen LogP contribution in [0.1, 0.15) is 19.4 Å². The van der Waals surface area contributed by atoms with E-state index in [-0.39, 0.29) is 18.8 Å². The average Bonchev–Trinajstić information content (AvgIpc) is 2.75. The van der Waals surface area contributed by atoms with Gasteiger partial charge in [-0.3, -0.25) is 19.2 Å². The molecule has 1 fully saturated rings. The van der Waals surface area contributed by atoms with Crippen LogP contribution in [0.15, 0.2) is 48.5 Å². The summed E-state index contributed by atoms with van der Waals surface area (Å²) >= 11 is 0. The van der Waals surface area contributed by atoms with Gasteiger partial charge in [-0.1, -0.05) is 17.7 Å². The highest BCUT2D eigenvalue weighted by molar-refractivity contribution is 7.92. The first-order valence-electron chi connectivity index (χ1n) is 10.7. The number of carbonyl (C=O) groups excluding carboxylic acids is 1. The quantitative estimate of drug-likeness (QED) is 0.444. The van der Waals surface area contributed by atoms with Crippen LogP contribution in [0, 0.1) is 6.92 Å². The Morgan fingerprint density at radius 3 is 2.12 bits per heavy atom. The van der Waals surface area contributed by atoms with Crippen molar-refractivity contribution in [3.05, 3.63) is 54.1 Å². The Morgan fingerprint density at radius 1 is 1.12 bits per heavy atom. The minimum absolute atomic E-state index is 0.132. The van der Waals surface area contributed by atoms with E-state index in [1.54, 1.807) is 29.7 Å². The van der Waals surface area contributed by atoms with E-state index < -0.39 is 22.0 Å². The number of sulfonamides is 1. The molecule has 1 heterocycles. The van der Waals surface area contributed by atoms with Gasteiger partial charge in [-0.05, 0) is 57.2 Å². The Hall–Kier alpha value is -2.66. The maximum Gasteiger partial charge on any atom is 0.262 e. The number of morpholine rings is 1. The van der Waals surface area contributed by atoms with Gasteiger partial charge in [0.15, 0.2) is 0 Å². The highest BCUT2D eigenvalue weighted by Gasteiger charge is 2.35. The maximum atomic E-state index is 12.7. The number of amides is 1. The minimum atomic E-state index is -3.72. The molecule has 2 N–H and O–H groups in total. The summed E-state index contributed by atoms with van der Waals surface area (Å²) in [6, 6.07) is 13.3. The Balaban J connectivity index is 1.83. The molecule has 3 atom stereocenters. The molecule has 180 valence electrons. The number of hydrogen-bond acceptors (Lipinski definition) is 7. The first-order valence-corrected chi connectivity index (χ1v) is 12.6. The van der Waals surface area contributed by atoms with Crippen molar-refractivity contribution >= 4 is 21.6 Å². The fourth-order valence-corrected chi connectivity index (χ4v) is 4.84. The summed E-state index contributed by atoms with van der Waals surface area (Å²) in [6.45, 7) is 6.46. The zero-order valence-electron chi connectivity index (χ0n) is 19.3. The molecule has 1 aliphatic rings. The molecular weight excluding hydrogens is 446 g/mol. The molecule has 0 radical (unpaired) electrons. The van der Waals surface area contributed by atoms with Gasteiger partial charge < -0.3 is 9.47 Å². The van der Waals surface area contributed by atoms with Gasteiger partial charge in [-0.25, -0.2) is 13.9 Å². The Bertz CT molecular complexity index is 1030. The summed E-state index contributed by atoms with van der Waals surface area (Å²) in [5.74, 6) is 0.546. The van der Waals surface area contributed by atoms with Crippen molar-refractivity contribution in [2.45, 2.75) is 39.0 Å². The third kappa shape index (κ3) is 6.67. The first kappa shape index (κ1) is 25.0. The van der Waals surface area contributed by atoms with Crippen molar-refractivity contribution in [1.29, 1.82) is 0 Å². The molecule has 2 aromatic rings. The van der Waals surface area contributed by atoms with Crippen molar-refractivity contribution in [2.75, 3.05) is 30.2 Å². The topological polar surface area (TPSA) is 108 Å². The van der Waals surface area contributed by atoms with Crippen LogP contribution in [0.4, 0.5) is 5.69 Å². The highest BCUT2D eigenvalue weighted by atomic mass is 32.2. The normalized spacial score (nSPS) is 20.2.